The number of alkyl halides is 3. The molecule has 1 aromatic carbocycles. The molecule has 0 amide bonds. The van der Waals surface area contributed by atoms with Gasteiger partial charge < -0.3 is 4.98 Å². The van der Waals surface area contributed by atoms with E-state index < -0.39 is 26.7 Å². The van der Waals surface area contributed by atoms with Gasteiger partial charge >= 0.3 is 6.18 Å². The lowest BCUT2D eigenvalue weighted by molar-refractivity contribution is -0.106. The molecule has 8 heteroatoms. The summed E-state index contributed by atoms with van der Waals surface area (Å²) in [6, 6.07) is 4.60. The van der Waals surface area contributed by atoms with E-state index in [1.54, 1.807) is 12.1 Å². The predicted molar refractivity (Wildman–Crippen MR) is 80.1 cm³/mol. The van der Waals surface area contributed by atoms with Gasteiger partial charge in [0.1, 0.15) is 4.90 Å². The molecule has 0 unspecified atom stereocenters. The molecule has 2 aromatic rings. The average Bonchev–Trinajstić information content (AvgIpc) is 2.67. The van der Waals surface area contributed by atoms with Gasteiger partial charge in [0.05, 0.1) is 10.5 Å². The van der Waals surface area contributed by atoms with Gasteiger partial charge in [0.25, 0.3) is 0 Å². The van der Waals surface area contributed by atoms with Crippen LogP contribution in [0, 0.1) is 0 Å². The minimum absolute atomic E-state index is 0.113. The Balaban J connectivity index is 2.73. The van der Waals surface area contributed by atoms with E-state index in [1.807, 2.05) is 20.8 Å². The van der Waals surface area contributed by atoms with E-state index in [-0.39, 0.29) is 16.0 Å². The average molecular weight is 354 g/mol. The van der Waals surface area contributed by atoms with Gasteiger partial charge in [0.2, 0.25) is 0 Å². The van der Waals surface area contributed by atoms with Crippen LogP contribution in [0.2, 0.25) is 5.02 Å². The first-order valence-electron chi connectivity index (χ1n) is 6.42. The summed E-state index contributed by atoms with van der Waals surface area (Å²) in [5.74, 6) is -1.94. The number of sulfone groups is 1. The number of hydrogen-bond acceptors (Lipinski definition) is 2. The summed E-state index contributed by atoms with van der Waals surface area (Å²) in [6.07, 6.45) is -4.83. The van der Waals surface area contributed by atoms with E-state index >= 15 is 0 Å². The molecule has 0 bridgehead atoms. The second-order valence-electron chi connectivity index (χ2n) is 6.15. The molecule has 22 heavy (non-hydrogen) atoms. The Hall–Kier alpha value is -1.21. The van der Waals surface area contributed by atoms with Crippen molar-refractivity contribution in [3.05, 3.63) is 28.9 Å². The maximum absolute atomic E-state index is 12.5. The molecule has 0 fully saturated rings. The number of nitrogens with one attached hydrogen (secondary N) is 1. The molecule has 1 N–H and O–H groups in total. The number of rotatable bonds is 2. The van der Waals surface area contributed by atoms with Gasteiger partial charge in [-0.1, -0.05) is 38.4 Å². The summed E-state index contributed by atoms with van der Waals surface area (Å²) < 4.78 is 61.8. The number of halogens is 4. The molecule has 1 aromatic heterocycles. The lowest BCUT2D eigenvalue weighted by atomic mass is 9.92. The molecule has 2 rings (SSSR count). The smallest absolute Gasteiger partial charge is 0.357 e. The fraction of sp³-hybridized carbons (Fsp3) is 0.429. The number of benzene rings is 1. The highest BCUT2D eigenvalue weighted by atomic mass is 35.5. The molecule has 0 spiro atoms. The van der Waals surface area contributed by atoms with Crippen LogP contribution in [0.4, 0.5) is 13.2 Å². The van der Waals surface area contributed by atoms with Crippen LogP contribution >= 0.6 is 11.6 Å². The van der Waals surface area contributed by atoms with Gasteiger partial charge in [-0.2, -0.15) is 13.2 Å². The topological polar surface area (TPSA) is 49.9 Å². The summed E-state index contributed by atoms with van der Waals surface area (Å²) in [5.41, 5.74) is 0.520. The molecular weight excluding hydrogens is 339 g/mol. The highest BCUT2D eigenvalue weighted by Crippen LogP contribution is 2.35. The lowest BCUT2D eigenvalue weighted by Crippen LogP contribution is -2.23. The van der Waals surface area contributed by atoms with E-state index in [4.69, 9.17) is 11.6 Å². The van der Waals surface area contributed by atoms with Gasteiger partial charge in [0, 0.05) is 16.5 Å². The first-order valence-corrected chi connectivity index (χ1v) is 8.45. The van der Waals surface area contributed by atoms with Crippen molar-refractivity contribution in [3.8, 4) is 0 Å². The third-order valence-electron chi connectivity index (χ3n) is 3.17. The van der Waals surface area contributed by atoms with Crippen LogP contribution in [0.5, 0.6) is 0 Å². The highest BCUT2D eigenvalue weighted by Gasteiger charge is 2.38. The Morgan fingerprint density at radius 2 is 1.77 bits per heavy atom. The van der Waals surface area contributed by atoms with Crippen LogP contribution < -0.4 is 0 Å². The van der Waals surface area contributed by atoms with Crippen molar-refractivity contribution in [2.75, 3.05) is 5.75 Å². The van der Waals surface area contributed by atoms with Crippen LogP contribution in [0.1, 0.15) is 26.5 Å². The van der Waals surface area contributed by atoms with Crippen molar-refractivity contribution in [2.24, 2.45) is 0 Å². The van der Waals surface area contributed by atoms with Gasteiger partial charge in [-0.25, -0.2) is 8.42 Å². The zero-order valence-electron chi connectivity index (χ0n) is 12.2. The molecule has 122 valence electrons. The fourth-order valence-electron chi connectivity index (χ4n) is 2.14. The van der Waals surface area contributed by atoms with E-state index in [0.29, 0.717) is 11.1 Å². The third-order valence-corrected chi connectivity index (χ3v) is 5.35. The molecule has 0 saturated heterocycles. The minimum Gasteiger partial charge on any atom is -0.357 e. The van der Waals surface area contributed by atoms with Crippen LogP contribution in [-0.2, 0) is 15.3 Å². The molecular formula is C14H15ClF3NO2S. The maximum Gasteiger partial charge on any atom is 0.403 e. The molecule has 0 saturated carbocycles. The zero-order valence-corrected chi connectivity index (χ0v) is 13.7. The first-order chi connectivity index (χ1) is 9.81. The maximum atomic E-state index is 12.5. The van der Waals surface area contributed by atoms with Crippen molar-refractivity contribution in [1.29, 1.82) is 0 Å². The zero-order chi connectivity index (χ0) is 16.9. The van der Waals surface area contributed by atoms with Crippen molar-refractivity contribution in [1.82, 2.24) is 4.98 Å². The van der Waals surface area contributed by atoms with E-state index in [0.717, 1.165) is 0 Å². The summed E-state index contributed by atoms with van der Waals surface area (Å²) in [4.78, 5) is 2.41. The monoisotopic (exact) mass is 353 g/mol. The quantitative estimate of drug-likeness (QED) is 0.866. The van der Waals surface area contributed by atoms with Crippen molar-refractivity contribution in [2.45, 2.75) is 37.3 Å². The van der Waals surface area contributed by atoms with Crippen LogP contribution in [0.15, 0.2) is 23.1 Å². The second kappa shape index (κ2) is 5.16. The summed E-state index contributed by atoms with van der Waals surface area (Å²) in [6.45, 7) is 5.72. The van der Waals surface area contributed by atoms with Crippen molar-refractivity contribution in [3.63, 3.8) is 0 Å². The number of fused-ring (bicyclic) bond motifs is 1. The second-order valence-corrected chi connectivity index (χ2v) is 8.48. The van der Waals surface area contributed by atoms with Gasteiger partial charge in [-0.15, -0.1) is 0 Å². The van der Waals surface area contributed by atoms with E-state index in [1.165, 1.54) is 6.07 Å². The Kier molecular flexibility index (Phi) is 4.02. The van der Waals surface area contributed by atoms with Crippen molar-refractivity contribution < 1.29 is 21.6 Å². The normalized spacial score (nSPS) is 13.8. The van der Waals surface area contributed by atoms with Crippen LogP contribution in [0.3, 0.4) is 0 Å². The number of aromatic amines is 1. The molecule has 0 aliphatic carbocycles. The van der Waals surface area contributed by atoms with Crippen molar-refractivity contribution >= 4 is 32.3 Å². The molecule has 0 aliphatic rings. The van der Waals surface area contributed by atoms with Crippen LogP contribution in [-0.4, -0.2) is 25.3 Å². The summed E-state index contributed by atoms with van der Waals surface area (Å²) in [7, 11) is -4.60. The minimum atomic E-state index is -4.83. The Morgan fingerprint density at radius 1 is 1.18 bits per heavy atom. The predicted octanol–water partition coefficient (Wildman–Crippen LogP) is 4.45. The Labute approximate surface area is 131 Å². The van der Waals surface area contributed by atoms with Gasteiger partial charge in [-0.3, -0.25) is 0 Å². The molecule has 0 aliphatic heterocycles. The lowest BCUT2D eigenvalue weighted by Gasteiger charge is -2.16. The third kappa shape index (κ3) is 3.41. The van der Waals surface area contributed by atoms with E-state index in [2.05, 4.69) is 4.98 Å². The first kappa shape index (κ1) is 17.1. The van der Waals surface area contributed by atoms with Gasteiger partial charge in [0.15, 0.2) is 15.6 Å². The highest BCUT2D eigenvalue weighted by molar-refractivity contribution is 7.91. The fourth-order valence-corrected chi connectivity index (χ4v) is 4.07. The number of aromatic nitrogens is 1. The Morgan fingerprint density at radius 3 is 2.27 bits per heavy atom. The molecule has 1 heterocycles. The van der Waals surface area contributed by atoms with Gasteiger partial charge in [-0.05, 0) is 12.1 Å². The summed E-state index contributed by atoms with van der Waals surface area (Å²) in [5, 5.41) is 0.286. The van der Waals surface area contributed by atoms with E-state index in [9.17, 15) is 21.6 Å². The standard InChI is InChI=1S/C14H15ClF3NO2S/c1-13(2,3)10-6-8-4-5-9(15)12(11(8)19-10)22(20,21)7-14(16,17)18/h4-6,19H,7H2,1-3H3. The number of H-pyrrole nitrogens is 1. The largest absolute Gasteiger partial charge is 0.403 e. The SMILES string of the molecule is CC(C)(C)c1cc2ccc(Cl)c(S(=O)(=O)CC(F)(F)F)c2[nH]1. The molecule has 0 atom stereocenters. The Bertz CT molecular complexity index is 817. The number of hydrogen-bond donors (Lipinski definition) is 1. The molecule has 3 nitrogen and oxygen atoms in total. The van der Waals surface area contributed by atoms with Crippen LogP contribution in [0.25, 0.3) is 10.9 Å². The molecule has 0 radical (unpaired) electrons. The summed E-state index contributed by atoms with van der Waals surface area (Å²) >= 11 is 5.87.